The maximum absolute atomic E-state index is 11.8. The van der Waals surface area contributed by atoms with Crippen LogP contribution in [-0.4, -0.2) is 48.7 Å². The Morgan fingerprint density at radius 3 is 2.91 bits per heavy atom. The molecule has 128 valence electrons. The quantitative estimate of drug-likeness (QED) is 0.656. The molecule has 2 heterocycles. The molecule has 0 radical (unpaired) electrons. The summed E-state index contributed by atoms with van der Waals surface area (Å²) in [5.74, 6) is 0.865. The highest BCUT2D eigenvalue weighted by molar-refractivity contribution is 7.07. The third-order valence-electron chi connectivity index (χ3n) is 3.45. The van der Waals surface area contributed by atoms with E-state index in [2.05, 4.69) is 37.4 Å². The van der Waals surface area contributed by atoms with E-state index in [1.807, 2.05) is 20.8 Å². The summed E-state index contributed by atoms with van der Waals surface area (Å²) in [6, 6.07) is 2.19. The molecule has 0 aliphatic carbocycles. The number of ether oxygens (including phenoxy) is 1. The van der Waals surface area contributed by atoms with Gasteiger partial charge in [0.1, 0.15) is 5.60 Å². The van der Waals surface area contributed by atoms with Gasteiger partial charge >= 0.3 is 6.09 Å². The molecule has 2 rings (SSSR count). The Hall–Kier alpha value is -1.76. The second-order valence-corrected chi connectivity index (χ2v) is 7.39. The molecule has 0 bridgehead atoms. The molecule has 0 saturated carbocycles. The van der Waals surface area contributed by atoms with Gasteiger partial charge in [0.2, 0.25) is 0 Å². The zero-order valence-electron chi connectivity index (χ0n) is 14.3. The van der Waals surface area contributed by atoms with Crippen LogP contribution >= 0.6 is 11.3 Å². The number of thiophene rings is 1. The Kier molecular flexibility index (Phi) is 5.87. The summed E-state index contributed by atoms with van der Waals surface area (Å²) in [6.45, 7) is 7.96. The van der Waals surface area contributed by atoms with Gasteiger partial charge in [0.25, 0.3) is 0 Å². The number of rotatable bonds is 3. The molecule has 1 unspecified atom stereocenters. The number of nitrogens with zero attached hydrogens (tertiary/aromatic N) is 2. The second-order valence-electron chi connectivity index (χ2n) is 6.61. The number of aliphatic imine (C=N–C) groups is 1. The standard InChI is InChI=1S/C16H26N4O2S/c1-16(2,3)22-15(21)19-13-5-7-20(10-13)14(17-4)18-9-12-6-8-23-11-12/h6,8,11,13H,5,7,9-10H2,1-4H3,(H,17,18)(H,19,21). The van der Waals surface area contributed by atoms with Crippen molar-refractivity contribution in [3.63, 3.8) is 0 Å². The topological polar surface area (TPSA) is 66.0 Å². The highest BCUT2D eigenvalue weighted by atomic mass is 32.1. The van der Waals surface area contributed by atoms with Gasteiger partial charge in [0, 0.05) is 26.7 Å². The van der Waals surface area contributed by atoms with E-state index in [1.165, 1.54) is 5.56 Å². The predicted molar refractivity (Wildman–Crippen MR) is 93.9 cm³/mol. The molecular formula is C16H26N4O2S. The smallest absolute Gasteiger partial charge is 0.407 e. The van der Waals surface area contributed by atoms with Crippen LogP contribution in [0.3, 0.4) is 0 Å². The predicted octanol–water partition coefficient (Wildman–Crippen LogP) is 2.42. The van der Waals surface area contributed by atoms with Crippen LogP contribution in [-0.2, 0) is 11.3 Å². The van der Waals surface area contributed by atoms with E-state index in [0.29, 0.717) is 0 Å². The highest BCUT2D eigenvalue weighted by Gasteiger charge is 2.27. The Morgan fingerprint density at radius 1 is 1.52 bits per heavy atom. The van der Waals surface area contributed by atoms with Gasteiger partial charge in [-0.25, -0.2) is 4.79 Å². The van der Waals surface area contributed by atoms with E-state index in [1.54, 1.807) is 18.4 Å². The SMILES string of the molecule is CN=C(NCc1ccsc1)N1CCC(NC(=O)OC(C)(C)C)C1. The van der Waals surface area contributed by atoms with E-state index in [-0.39, 0.29) is 12.1 Å². The number of carbonyl (C=O) groups is 1. The summed E-state index contributed by atoms with van der Waals surface area (Å²) in [7, 11) is 1.78. The lowest BCUT2D eigenvalue weighted by atomic mass is 10.2. The average molecular weight is 338 g/mol. The zero-order valence-corrected chi connectivity index (χ0v) is 15.1. The summed E-state index contributed by atoms with van der Waals surface area (Å²) in [4.78, 5) is 18.3. The molecule has 0 aromatic carbocycles. The fraction of sp³-hybridized carbons (Fsp3) is 0.625. The lowest BCUT2D eigenvalue weighted by Gasteiger charge is -2.23. The molecule has 7 heteroatoms. The van der Waals surface area contributed by atoms with Crippen molar-refractivity contribution in [3.8, 4) is 0 Å². The molecule has 1 saturated heterocycles. The first-order chi connectivity index (χ1) is 10.9. The van der Waals surface area contributed by atoms with Gasteiger partial charge in [-0.2, -0.15) is 11.3 Å². The summed E-state index contributed by atoms with van der Waals surface area (Å²) in [5.41, 5.74) is 0.777. The van der Waals surface area contributed by atoms with Crippen LogP contribution in [0, 0.1) is 0 Å². The van der Waals surface area contributed by atoms with Crippen LogP contribution in [0.5, 0.6) is 0 Å². The number of nitrogens with one attached hydrogen (secondary N) is 2. The van der Waals surface area contributed by atoms with Gasteiger partial charge < -0.3 is 20.3 Å². The average Bonchev–Trinajstić information content (AvgIpc) is 3.09. The van der Waals surface area contributed by atoms with E-state index in [0.717, 1.165) is 32.0 Å². The van der Waals surface area contributed by atoms with Crippen LogP contribution in [0.2, 0.25) is 0 Å². The maximum Gasteiger partial charge on any atom is 0.407 e. The van der Waals surface area contributed by atoms with Crippen molar-refractivity contribution in [1.82, 2.24) is 15.5 Å². The summed E-state index contributed by atoms with van der Waals surface area (Å²) in [6.07, 6.45) is 0.531. The lowest BCUT2D eigenvalue weighted by Crippen LogP contribution is -2.44. The second kappa shape index (κ2) is 7.68. The molecule has 2 N–H and O–H groups in total. The minimum absolute atomic E-state index is 0.0875. The maximum atomic E-state index is 11.8. The number of amides is 1. The van der Waals surface area contributed by atoms with Crippen LogP contribution in [0.4, 0.5) is 4.79 Å². The first-order valence-corrected chi connectivity index (χ1v) is 8.78. The highest BCUT2D eigenvalue weighted by Crippen LogP contribution is 2.12. The number of hydrogen-bond acceptors (Lipinski definition) is 4. The van der Waals surface area contributed by atoms with Crippen molar-refractivity contribution in [2.24, 2.45) is 4.99 Å². The molecule has 23 heavy (non-hydrogen) atoms. The molecule has 1 aromatic heterocycles. The molecule has 1 aliphatic rings. The fourth-order valence-electron chi connectivity index (χ4n) is 2.45. The van der Waals surface area contributed by atoms with Gasteiger partial charge in [0.15, 0.2) is 5.96 Å². The van der Waals surface area contributed by atoms with Gasteiger partial charge in [-0.05, 0) is 49.6 Å². The molecule has 1 aromatic rings. The molecule has 0 spiro atoms. The van der Waals surface area contributed by atoms with Crippen molar-refractivity contribution < 1.29 is 9.53 Å². The molecule has 6 nitrogen and oxygen atoms in total. The fourth-order valence-corrected chi connectivity index (χ4v) is 3.12. The first-order valence-electron chi connectivity index (χ1n) is 7.83. The number of likely N-dealkylation sites (tertiary alicyclic amines) is 1. The van der Waals surface area contributed by atoms with Crippen LogP contribution in [0.1, 0.15) is 32.8 Å². The Bertz CT molecular complexity index is 537. The number of carbonyl (C=O) groups excluding carboxylic acids is 1. The Balaban J connectivity index is 1.79. The van der Waals surface area contributed by atoms with Gasteiger partial charge in [-0.15, -0.1) is 0 Å². The number of guanidine groups is 1. The monoisotopic (exact) mass is 338 g/mol. The molecule has 1 aliphatic heterocycles. The summed E-state index contributed by atoms with van der Waals surface area (Å²) in [5, 5.41) is 10.5. The Labute approximate surface area is 141 Å². The van der Waals surface area contributed by atoms with E-state index >= 15 is 0 Å². The molecule has 1 amide bonds. The van der Waals surface area contributed by atoms with Crippen molar-refractivity contribution in [1.29, 1.82) is 0 Å². The van der Waals surface area contributed by atoms with E-state index in [9.17, 15) is 4.79 Å². The first kappa shape index (κ1) is 17.6. The van der Waals surface area contributed by atoms with Crippen molar-refractivity contribution in [2.75, 3.05) is 20.1 Å². The van der Waals surface area contributed by atoms with Gasteiger partial charge in [-0.3, -0.25) is 4.99 Å². The Morgan fingerprint density at radius 2 is 2.30 bits per heavy atom. The van der Waals surface area contributed by atoms with E-state index < -0.39 is 5.60 Å². The summed E-state index contributed by atoms with van der Waals surface area (Å²) < 4.78 is 5.30. The van der Waals surface area contributed by atoms with Crippen LogP contribution in [0.25, 0.3) is 0 Å². The van der Waals surface area contributed by atoms with Crippen molar-refractivity contribution in [2.45, 2.75) is 45.4 Å². The zero-order chi connectivity index (χ0) is 16.9. The van der Waals surface area contributed by atoms with E-state index in [4.69, 9.17) is 4.74 Å². The van der Waals surface area contributed by atoms with Gasteiger partial charge in [0.05, 0.1) is 6.04 Å². The normalized spacial score (nSPS) is 18.9. The van der Waals surface area contributed by atoms with Crippen molar-refractivity contribution in [3.05, 3.63) is 22.4 Å². The minimum atomic E-state index is -0.472. The van der Waals surface area contributed by atoms with Crippen LogP contribution in [0.15, 0.2) is 21.8 Å². The van der Waals surface area contributed by atoms with Gasteiger partial charge in [-0.1, -0.05) is 0 Å². The largest absolute Gasteiger partial charge is 0.444 e. The van der Waals surface area contributed by atoms with Crippen molar-refractivity contribution >= 4 is 23.4 Å². The molecular weight excluding hydrogens is 312 g/mol. The third kappa shape index (κ3) is 5.74. The number of hydrogen-bond donors (Lipinski definition) is 2. The minimum Gasteiger partial charge on any atom is -0.444 e. The molecule has 1 fully saturated rings. The third-order valence-corrected chi connectivity index (χ3v) is 4.18. The lowest BCUT2D eigenvalue weighted by molar-refractivity contribution is 0.0507. The molecule has 1 atom stereocenters. The number of alkyl carbamates (subject to hydrolysis) is 1. The summed E-state index contributed by atoms with van der Waals surface area (Å²) >= 11 is 1.69. The van der Waals surface area contributed by atoms with Crippen LogP contribution < -0.4 is 10.6 Å².